The van der Waals surface area contributed by atoms with E-state index in [9.17, 15) is 5.11 Å². The molecule has 0 saturated carbocycles. The van der Waals surface area contributed by atoms with Gasteiger partial charge in [0.25, 0.3) is 0 Å². The van der Waals surface area contributed by atoms with Crippen LogP contribution in [-0.4, -0.2) is 24.3 Å². The number of allylic oxidation sites excluding steroid dienone is 4. The Balaban J connectivity index is 4.13. The van der Waals surface area contributed by atoms with E-state index in [0.717, 1.165) is 19.4 Å². The smallest absolute Gasteiger partial charge is 0.0827 e. The van der Waals surface area contributed by atoms with Crippen LogP contribution in [0, 0.1) is 11.8 Å². The zero-order valence-corrected chi connectivity index (χ0v) is 31.8. The maximum Gasteiger partial charge on any atom is 0.0827 e. The van der Waals surface area contributed by atoms with Gasteiger partial charge in [-0.1, -0.05) is 180 Å². The van der Waals surface area contributed by atoms with Gasteiger partial charge in [-0.3, -0.25) is 0 Å². The summed E-state index contributed by atoms with van der Waals surface area (Å²) >= 11 is 0. The Labute approximate surface area is 285 Å². The topological polar surface area (TPSA) is 32.3 Å². The first kappa shape index (κ1) is 44.4. The SMILES string of the molecule is CCCCCCCC/C=C\CCCCCCCC(CC)C(O)(CNC)C(CC)CCCCCCC/C=C\CCCCCCCC. The molecule has 2 nitrogen and oxygen atoms in total. The third-order valence-electron chi connectivity index (χ3n) is 10.5. The van der Waals surface area contributed by atoms with Crippen molar-refractivity contribution in [2.45, 2.75) is 226 Å². The number of likely N-dealkylation sites (N-methyl/N-ethyl adjacent to an activating group) is 1. The lowest BCUT2D eigenvalue weighted by molar-refractivity contribution is -0.0766. The van der Waals surface area contributed by atoms with Crippen LogP contribution in [-0.2, 0) is 0 Å². The maximum atomic E-state index is 12.1. The van der Waals surface area contributed by atoms with E-state index in [2.05, 4.69) is 57.3 Å². The molecule has 0 aromatic carbocycles. The molecule has 0 rings (SSSR count). The predicted molar refractivity (Wildman–Crippen MR) is 205 cm³/mol. The van der Waals surface area contributed by atoms with Gasteiger partial charge >= 0.3 is 0 Å². The number of nitrogens with one attached hydrogen (secondary N) is 1. The van der Waals surface area contributed by atoms with Crippen molar-refractivity contribution in [3.05, 3.63) is 24.3 Å². The normalized spacial score (nSPS) is 14.9. The zero-order chi connectivity index (χ0) is 33.1. The van der Waals surface area contributed by atoms with E-state index in [1.54, 1.807) is 0 Å². The maximum absolute atomic E-state index is 12.1. The standard InChI is InChI=1S/C43H85NO/c1-6-10-12-14-16-18-20-22-24-26-28-30-32-34-36-38-41(8-3)43(45,40-44-5)42(9-4)39-37-35-33-31-29-27-25-23-21-19-17-15-13-11-7-2/h22-25,41-42,44-45H,6-21,26-40H2,1-5H3/b24-22-,25-23-. The zero-order valence-electron chi connectivity index (χ0n) is 31.8. The Morgan fingerprint density at radius 1 is 0.444 bits per heavy atom. The largest absolute Gasteiger partial charge is 0.388 e. The highest BCUT2D eigenvalue weighted by Crippen LogP contribution is 2.37. The van der Waals surface area contributed by atoms with E-state index in [0.29, 0.717) is 11.8 Å². The van der Waals surface area contributed by atoms with E-state index in [4.69, 9.17) is 0 Å². The fraction of sp³-hybridized carbons (Fsp3) is 0.907. The first-order valence-corrected chi connectivity index (χ1v) is 20.8. The van der Waals surface area contributed by atoms with Crippen LogP contribution in [0.2, 0.25) is 0 Å². The van der Waals surface area contributed by atoms with Crippen LogP contribution in [0.25, 0.3) is 0 Å². The number of unbranched alkanes of at least 4 members (excludes halogenated alkanes) is 22. The van der Waals surface area contributed by atoms with Gasteiger partial charge < -0.3 is 10.4 Å². The average molecular weight is 632 g/mol. The van der Waals surface area contributed by atoms with E-state index in [-0.39, 0.29) is 0 Å². The minimum Gasteiger partial charge on any atom is -0.388 e. The van der Waals surface area contributed by atoms with E-state index >= 15 is 0 Å². The molecule has 0 bridgehead atoms. The van der Waals surface area contributed by atoms with E-state index in [1.165, 1.54) is 180 Å². The summed E-state index contributed by atoms with van der Waals surface area (Å²) in [6.07, 6.45) is 49.3. The number of hydrogen-bond donors (Lipinski definition) is 2. The van der Waals surface area contributed by atoms with Crippen LogP contribution < -0.4 is 5.32 Å². The molecule has 0 aliphatic carbocycles. The lowest BCUT2D eigenvalue weighted by Gasteiger charge is -2.42. The molecule has 2 N–H and O–H groups in total. The quantitative estimate of drug-likeness (QED) is 0.0532. The molecule has 0 spiro atoms. The van der Waals surface area contributed by atoms with Crippen molar-refractivity contribution in [2.24, 2.45) is 11.8 Å². The molecule has 0 saturated heterocycles. The predicted octanol–water partition coefficient (Wildman–Crippen LogP) is 14.1. The molecule has 0 aliphatic rings. The molecule has 45 heavy (non-hydrogen) atoms. The summed E-state index contributed by atoms with van der Waals surface area (Å²) < 4.78 is 0. The Morgan fingerprint density at radius 2 is 0.733 bits per heavy atom. The number of aliphatic hydroxyl groups is 1. The lowest BCUT2D eigenvalue weighted by Crippen LogP contribution is -2.51. The third-order valence-corrected chi connectivity index (χ3v) is 10.5. The van der Waals surface area contributed by atoms with Crippen molar-refractivity contribution in [2.75, 3.05) is 13.6 Å². The second-order valence-corrected chi connectivity index (χ2v) is 14.5. The second kappa shape index (κ2) is 34.7. The molecule has 0 aliphatic heterocycles. The Hall–Kier alpha value is -0.600. The van der Waals surface area contributed by atoms with Gasteiger partial charge in [-0.2, -0.15) is 0 Å². The van der Waals surface area contributed by atoms with Crippen molar-refractivity contribution in [3.63, 3.8) is 0 Å². The van der Waals surface area contributed by atoms with Crippen LogP contribution in [0.15, 0.2) is 24.3 Å². The van der Waals surface area contributed by atoms with Crippen LogP contribution in [0.4, 0.5) is 0 Å². The summed E-state index contributed by atoms with van der Waals surface area (Å²) in [5, 5.41) is 15.5. The molecule has 268 valence electrons. The molecule has 0 fully saturated rings. The lowest BCUT2D eigenvalue weighted by atomic mass is 9.70. The van der Waals surface area contributed by atoms with Crippen molar-refractivity contribution in [3.8, 4) is 0 Å². The molecule has 2 atom stereocenters. The second-order valence-electron chi connectivity index (χ2n) is 14.5. The van der Waals surface area contributed by atoms with E-state index in [1.807, 2.05) is 7.05 Å². The highest BCUT2D eigenvalue weighted by Gasteiger charge is 2.40. The van der Waals surface area contributed by atoms with Crippen molar-refractivity contribution < 1.29 is 5.11 Å². The molecule has 0 aromatic rings. The molecule has 0 heterocycles. The summed E-state index contributed by atoms with van der Waals surface area (Å²) in [6.45, 7) is 9.92. The third kappa shape index (κ3) is 26.1. The summed E-state index contributed by atoms with van der Waals surface area (Å²) in [4.78, 5) is 0. The number of rotatable bonds is 36. The highest BCUT2D eigenvalue weighted by atomic mass is 16.3. The van der Waals surface area contributed by atoms with E-state index < -0.39 is 5.60 Å². The van der Waals surface area contributed by atoms with Gasteiger partial charge in [0.05, 0.1) is 5.60 Å². The van der Waals surface area contributed by atoms with Gasteiger partial charge in [0.15, 0.2) is 0 Å². The molecular formula is C43H85NO. The van der Waals surface area contributed by atoms with Crippen LogP contribution in [0.3, 0.4) is 0 Å². The molecule has 2 unspecified atom stereocenters. The molecule has 0 amide bonds. The highest BCUT2D eigenvalue weighted by molar-refractivity contribution is 4.93. The number of hydrogen-bond acceptors (Lipinski definition) is 2. The Morgan fingerprint density at radius 3 is 1.02 bits per heavy atom. The fourth-order valence-corrected chi connectivity index (χ4v) is 7.44. The van der Waals surface area contributed by atoms with Gasteiger partial charge in [-0.25, -0.2) is 0 Å². The van der Waals surface area contributed by atoms with Crippen molar-refractivity contribution >= 4 is 0 Å². The minimum atomic E-state index is -0.570. The van der Waals surface area contributed by atoms with Crippen LogP contribution in [0.1, 0.15) is 220 Å². The Bertz CT molecular complexity index is 577. The monoisotopic (exact) mass is 632 g/mol. The molecule has 0 aromatic heterocycles. The van der Waals surface area contributed by atoms with Crippen molar-refractivity contribution in [1.29, 1.82) is 0 Å². The van der Waals surface area contributed by atoms with Gasteiger partial charge in [-0.05, 0) is 83.1 Å². The minimum absolute atomic E-state index is 0.405. The fourth-order valence-electron chi connectivity index (χ4n) is 7.44. The van der Waals surface area contributed by atoms with Crippen molar-refractivity contribution in [1.82, 2.24) is 5.32 Å². The first-order chi connectivity index (χ1) is 22.1. The summed E-state index contributed by atoms with van der Waals surface area (Å²) in [7, 11) is 2.02. The summed E-state index contributed by atoms with van der Waals surface area (Å²) in [6, 6.07) is 0. The molecular weight excluding hydrogens is 546 g/mol. The first-order valence-electron chi connectivity index (χ1n) is 20.8. The van der Waals surface area contributed by atoms with Crippen LogP contribution >= 0.6 is 0 Å². The molecule has 2 heteroatoms. The summed E-state index contributed by atoms with van der Waals surface area (Å²) in [5.74, 6) is 0.811. The van der Waals surface area contributed by atoms with Crippen LogP contribution in [0.5, 0.6) is 0 Å². The van der Waals surface area contributed by atoms with Gasteiger partial charge in [-0.15, -0.1) is 0 Å². The summed E-state index contributed by atoms with van der Waals surface area (Å²) in [5.41, 5.74) is -0.570. The van der Waals surface area contributed by atoms with Gasteiger partial charge in [0.2, 0.25) is 0 Å². The Kier molecular flexibility index (Phi) is 34.3. The average Bonchev–Trinajstić information content (AvgIpc) is 3.04. The van der Waals surface area contributed by atoms with Gasteiger partial charge in [0, 0.05) is 6.54 Å². The molecule has 0 radical (unpaired) electrons. The van der Waals surface area contributed by atoms with Gasteiger partial charge in [0.1, 0.15) is 0 Å².